The van der Waals surface area contributed by atoms with Crippen molar-refractivity contribution in [2.75, 3.05) is 6.54 Å². The molecule has 0 saturated carbocycles. The van der Waals surface area contributed by atoms with E-state index < -0.39 is 0 Å². The van der Waals surface area contributed by atoms with Crippen molar-refractivity contribution in [1.82, 2.24) is 14.9 Å². The second-order valence-corrected chi connectivity index (χ2v) is 4.86. The fourth-order valence-electron chi connectivity index (χ4n) is 2.64. The molecule has 1 aliphatic rings. The van der Waals surface area contributed by atoms with E-state index in [0.717, 1.165) is 24.6 Å². The summed E-state index contributed by atoms with van der Waals surface area (Å²) < 4.78 is 0. The topological polar surface area (TPSA) is 49.0 Å². The number of aromatic amines is 1. The van der Waals surface area contributed by atoms with E-state index in [2.05, 4.69) is 21.8 Å². The molecule has 0 radical (unpaired) electrons. The molecule has 94 valence electrons. The molecular formula is C13H21N3O. The van der Waals surface area contributed by atoms with Crippen molar-refractivity contribution < 1.29 is 0 Å². The third-order valence-electron chi connectivity index (χ3n) is 3.49. The first kappa shape index (κ1) is 12.3. The van der Waals surface area contributed by atoms with E-state index in [4.69, 9.17) is 0 Å². The summed E-state index contributed by atoms with van der Waals surface area (Å²) >= 11 is 0. The summed E-state index contributed by atoms with van der Waals surface area (Å²) in [6.07, 6.45) is 5.03. The number of H-pyrrole nitrogens is 1. The fourth-order valence-corrected chi connectivity index (χ4v) is 2.64. The van der Waals surface area contributed by atoms with Crippen LogP contribution in [0.4, 0.5) is 0 Å². The lowest BCUT2D eigenvalue weighted by Crippen LogP contribution is -2.39. The van der Waals surface area contributed by atoms with Gasteiger partial charge in [-0.05, 0) is 32.7 Å². The highest BCUT2D eigenvalue weighted by atomic mass is 16.1. The van der Waals surface area contributed by atoms with Gasteiger partial charge in [-0.3, -0.25) is 9.69 Å². The summed E-state index contributed by atoms with van der Waals surface area (Å²) in [4.78, 5) is 21.1. The van der Waals surface area contributed by atoms with Crippen molar-refractivity contribution in [3.05, 3.63) is 27.9 Å². The predicted molar refractivity (Wildman–Crippen MR) is 67.9 cm³/mol. The van der Waals surface area contributed by atoms with Gasteiger partial charge in [0.1, 0.15) is 5.82 Å². The highest BCUT2D eigenvalue weighted by molar-refractivity contribution is 5.00. The van der Waals surface area contributed by atoms with Crippen LogP contribution in [0.15, 0.2) is 10.9 Å². The molecule has 2 heterocycles. The number of aromatic nitrogens is 2. The van der Waals surface area contributed by atoms with Gasteiger partial charge in [0.05, 0.1) is 6.54 Å². The van der Waals surface area contributed by atoms with Crippen LogP contribution in [0.2, 0.25) is 0 Å². The highest BCUT2D eigenvalue weighted by Gasteiger charge is 2.21. The zero-order chi connectivity index (χ0) is 12.3. The Labute approximate surface area is 102 Å². The number of nitrogens with one attached hydrogen (secondary N) is 1. The number of piperidine rings is 1. The second kappa shape index (κ2) is 5.45. The smallest absolute Gasteiger partial charge is 0.251 e. The van der Waals surface area contributed by atoms with Crippen LogP contribution < -0.4 is 5.56 Å². The Morgan fingerprint density at radius 3 is 3.06 bits per heavy atom. The molecule has 0 bridgehead atoms. The third kappa shape index (κ3) is 3.16. The van der Waals surface area contributed by atoms with Gasteiger partial charge in [-0.1, -0.05) is 13.3 Å². The quantitative estimate of drug-likeness (QED) is 0.869. The summed E-state index contributed by atoms with van der Waals surface area (Å²) in [6.45, 7) is 5.99. The first-order valence-corrected chi connectivity index (χ1v) is 6.50. The number of rotatable bonds is 3. The van der Waals surface area contributed by atoms with Crippen LogP contribution in [-0.2, 0) is 6.54 Å². The van der Waals surface area contributed by atoms with Crippen molar-refractivity contribution in [3.8, 4) is 0 Å². The zero-order valence-corrected chi connectivity index (χ0v) is 10.7. The van der Waals surface area contributed by atoms with Gasteiger partial charge in [-0.2, -0.15) is 0 Å². The highest BCUT2D eigenvalue weighted by Crippen LogP contribution is 2.20. The minimum atomic E-state index is -0.0439. The minimum Gasteiger partial charge on any atom is -0.309 e. The second-order valence-electron chi connectivity index (χ2n) is 4.86. The molecule has 4 nitrogen and oxygen atoms in total. The van der Waals surface area contributed by atoms with E-state index in [-0.39, 0.29) is 5.56 Å². The lowest BCUT2D eigenvalue weighted by atomic mass is 10.0. The van der Waals surface area contributed by atoms with Crippen molar-refractivity contribution in [2.24, 2.45) is 0 Å². The van der Waals surface area contributed by atoms with Gasteiger partial charge in [-0.25, -0.2) is 4.98 Å². The molecule has 17 heavy (non-hydrogen) atoms. The molecular weight excluding hydrogens is 214 g/mol. The maximum Gasteiger partial charge on any atom is 0.251 e. The lowest BCUT2D eigenvalue weighted by molar-refractivity contribution is 0.132. The lowest BCUT2D eigenvalue weighted by Gasteiger charge is -2.34. The molecule has 0 amide bonds. The van der Waals surface area contributed by atoms with Gasteiger partial charge in [0, 0.05) is 17.8 Å². The van der Waals surface area contributed by atoms with Crippen molar-refractivity contribution in [3.63, 3.8) is 0 Å². The van der Waals surface area contributed by atoms with Crippen LogP contribution in [0, 0.1) is 6.92 Å². The van der Waals surface area contributed by atoms with Crippen molar-refractivity contribution in [1.29, 1.82) is 0 Å². The van der Waals surface area contributed by atoms with Gasteiger partial charge in [0.25, 0.3) is 5.56 Å². The molecule has 1 N–H and O–H groups in total. The molecule has 1 aliphatic heterocycles. The summed E-state index contributed by atoms with van der Waals surface area (Å²) in [6, 6.07) is 2.19. The average Bonchev–Trinajstić information content (AvgIpc) is 2.28. The summed E-state index contributed by atoms with van der Waals surface area (Å²) in [7, 11) is 0. The molecule has 4 heteroatoms. The predicted octanol–water partition coefficient (Wildman–Crippen LogP) is 1.84. The van der Waals surface area contributed by atoms with E-state index in [0.29, 0.717) is 6.04 Å². The van der Waals surface area contributed by atoms with E-state index in [1.165, 1.54) is 31.7 Å². The van der Waals surface area contributed by atoms with Crippen LogP contribution in [-0.4, -0.2) is 27.5 Å². The SMILES string of the molecule is CC[C@H]1CCCCN1Cc1nc(C)cc(=O)[nH]1. The largest absolute Gasteiger partial charge is 0.309 e. The van der Waals surface area contributed by atoms with Crippen LogP contribution in [0.5, 0.6) is 0 Å². The van der Waals surface area contributed by atoms with Crippen molar-refractivity contribution >= 4 is 0 Å². The van der Waals surface area contributed by atoms with Gasteiger partial charge < -0.3 is 4.98 Å². The number of aryl methyl sites for hydroxylation is 1. The standard InChI is InChI=1S/C13H21N3O/c1-3-11-6-4-5-7-16(11)9-12-14-10(2)8-13(17)15-12/h8,11H,3-7,9H2,1-2H3,(H,14,15,17)/t11-/m0/s1. The van der Waals surface area contributed by atoms with E-state index in [1.807, 2.05) is 6.92 Å². The molecule has 1 saturated heterocycles. The Balaban J connectivity index is 2.10. The minimum absolute atomic E-state index is 0.0439. The molecule has 1 aromatic heterocycles. The Hall–Kier alpha value is -1.16. The average molecular weight is 235 g/mol. The Kier molecular flexibility index (Phi) is 3.94. The van der Waals surface area contributed by atoms with Crippen molar-refractivity contribution in [2.45, 2.75) is 52.1 Å². The molecule has 0 aromatic carbocycles. The van der Waals surface area contributed by atoms with Crippen LogP contribution in [0.3, 0.4) is 0 Å². The summed E-state index contributed by atoms with van der Waals surface area (Å²) in [5.74, 6) is 0.801. The van der Waals surface area contributed by atoms with Gasteiger partial charge >= 0.3 is 0 Å². The number of likely N-dealkylation sites (tertiary alicyclic amines) is 1. The maximum atomic E-state index is 11.4. The molecule has 2 rings (SSSR count). The van der Waals surface area contributed by atoms with Crippen LogP contribution >= 0.6 is 0 Å². The molecule has 0 unspecified atom stereocenters. The first-order chi connectivity index (χ1) is 8.19. The number of nitrogens with zero attached hydrogens (tertiary/aromatic N) is 2. The molecule has 1 aromatic rings. The zero-order valence-electron chi connectivity index (χ0n) is 10.7. The monoisotopic (exact) mass is 235 g/mol. The van der Waals surface area contributed by atoms with Crippen LogP contribution in [0.1, 0.15) is 44.1 Å². The maximum absolute atomic E-state index is 11.4. The fraction of sp³-hybridized carbons (Fsp3) is 0.692. The number of hydrogen-bond acceptors (Lipinski definition) is 3. The molecule has 0 spiro atoms. The Morgan fingerprint density at radius 1 is 1.53 bits per heavy atom. The Bertz CT molecular complexity index is 427. The van der Waals surface area contributed by atoms with E-state index >= 15 is 0 Å². The first-order valence-electron chi connectivity index (χ1n) is 6.50. The van der Waals surface area contributed by atoms with Gasteiger partial charge in [0.15, 0.2) is 0 Å². The third-order valence-corrected chi connectivity index (χ3v) is 3.49. The summed E-state index contributed by atoms with van der Waals surface area (Å²) in [5.41, 5.74) is 0.756. The van der Waals surface area contributed by atoms with Gasteiger partial charge in [-0.15, -0.1) is 0 Å². The Morgan fingerprint density at radius 2 is 2.35 bits per heavy atom. The summed E-state index contributed by atoms with van der Waals surface area (Å²) in [5, 5.41) is 0. The number of hydrogen-bond donors (Lipinski definition) is 1. The van der Waals surface area contributed by atoms with E-state index in [1.54, 1.807) is 0 Å². The van der Waals surface area contributed by atoms with Crippen LogP contribution in [0.25, 0.3) is 0 Å². The van der Waals surface area contributed by atoms with Gasteiger partial charge in [0.2, 0.25) is 0 Å². The van der Waals surface area contributed by atoms with E-state index in [9.17, 15) is 4.79 Å². The molecule has 1 fully saturated rings. The normalized spacial score (nSPS) is 21.6. The molecule has 0 aliphatic carbocycles. The molecule has 1 atom stereocenters.